The Bertz CT molecular complexity index is 730. The fourth-order valence-corrected chi connectivity index (χ4v) is 4.30. The second-order valence-corrected chi connectivity index (χ2v) is 8.56. The molecule has 0 bridgehead atoms. The van der Waals surface area contributed by atoms with E-state index in [1.165, 1.54) is 19.3 Å². The maximum atomic E-state index is 12.6. The van der Waals surface area contributed by atoms with E-state index in [1.807, 2.05) is 9.80 Å². The normalized spacial score (nSPS) is 22.5. The van der Waals surface area contributed by atoms with Crippen molar-refractivity contribution < 1.29 is 9.59 Å². The number of hydrogen-bond donors (Lipinski definition) is 1. The predicted octanol–water partition coefficient (Wildman–Crippen LogP) is 1.74. The van der Waals surface area contributed by atoms with Crippen LogP contribution < -0.4 is 10.2 Å². The lowest BCUT2D eigenvalue weighted by Gasteiger charge is -2.36. The van der Waals surface area contributed by atoms with Crippen molar-refractivity contribution >= 4 is 23.5 Å². The molecule has 3 fully saturated rings. The zero-order valence-electron chi connectivity index (χ0n) is 17.3. The molecule has 0 aromatic carbocycles. The fourth-order valence-electron chi connectivity index (χ4n) is 4.30. The molecule has 2 saturated heterocycles. The van der Waals surface area contributed by atoms with E-state index < -0.39 is 0 Å². The van der Waals surface area contributed by atoms with Crippen LogP contribution in [0.3, 0.4) is 0 Å². The van der Waals surface area contributed by atoms with Gasteiger partial charge in [-0.1, -0.05) is 0 Å². The Balaban J connectivity index is 1.25. The summed E-state index contributed by atoms with van der Waals surface area (Å²) in [6.07, 6.45) is 7.91. The number of nitrogens with one attached hydrogen (secondary N) is 1. The van der Waals surface area contributed by atoms with E-state index in [0.29, 0.717) is 44.6 Å². The van der Waals surface area contributed by atoms with E-state index in [-0.39, 0.29) is 11.8 Å². The Hall–Kier alpha value is -2.38. The van der Waals surface area contributed by atoms with Crippen molar-refractivity contribution in [2.24, 2.45) is 5.92 Å². The highest BCUT2D eigenvalue weighted by Crippen LogP contribution is 2.28. The van der Waals surface area contributed by atoms with Gasteiger partial charge in [0.1, 0.15) is 18.0 Å². The summed E-state index contributed by atoms with van der Waals surface area (Å²) in [4.78, 5) is 38.9. The van der Waals surface area contributed by atoms with Crippen LogP contribution in [-0.4, -0.2) is 76.9 Å². The quantitative estimate of drug-likeness (QED) is 0.783. The number of anilines is 2. The van der Waals surface area contributed by atoms with Gasteiger partial charge in [0.15, 0.2) is 0 Å². The third kappa shape index (κ3) is 5.36. The average molecular weight is 401 g/mol. The molecule has 2 amide bonds. The van der Waals surface area contributed by atoms with Gasteiger partial charge in [0, 0.05) is 64.7 Å². The summed E-state index contributed by atoms with van der Waals surface area (Å²) in [5.74, 6) is 2.74. The molecule has 158 valence electrons. The van der Waals surface area contributed by atoms with Gasteiger partial charge in [-0.2, -0.15) is 0 Å². The minimum atomic E-state index is 0.0969. The monoisotopic (exact) mass is 400 g/mol. The molecule has 1 aliphatic carbocycles. The van der Waals surface area contributed by atoms with Gasteiger partial charge < -0.3 is 20.0 Å². The van der Waals surface area contributed by atoms with Crippen LogP contribution in [0.5, 0.6) is 0 Å². The number of amides is 2. The van der Waals surface area contributed by atoms with Crippen LogP contribution in [0.4, 0.5) is 11.6 Å². The van der Waals surface area contributed by atoms with Gasteiger partial charge in [-0.25, -0.2) is 9.97 Å². The third-order valence-corrected chi connectivity index (χ3v) is 6.27. The molecule has 1 aromatic heterocycles. The topological polar surface area (TPSA) is 81.7 Å². The van der Waals surface area contributed by atoms with Crippen molar-refractivity contribution in [2.75, 3.05) is 49.5 Å². The molecule has 0 unspecified atom stereocenters. The Morgan fingerprint density at radius 3 is 2.55 bits per heavy atom. The summed E-state index contributed by atoms with van der Waals surface area (Å²) in [5, 5.41) is 3.44. The van der Waals surface area contributed by atoms with Crippen molar-refractivity contribution in [3.05, 3.63) is 12.4 Å². The molecule has 3 aliphatic rings. The Kier molecular flexibility index (Phi) is 6.16. The van der Waals surface area contributed by atoms with Crippen LogP contribution in [-0.2, 0) is 9.59 Å². The highest BCUT2D eigenvalue weighted by molar-refractivity contribution is 5.77. The van der Waals surface area contributed by atoms with E-state index in [9.17, 15) is 9.59 Å². The van der Waals surface area contributed by atoms with Crippen molar-refractivity contribution in [3.63, 3.8) is 0 Å². The molecule has 3 heterocycles. The lowest BCUT2D eigenvalue weighted by atomic mass is 9.93. The lowest BCUT2D eigenvalue weighted by molar-refractivity contribution is -0.138. The van der Waals surface area contributed by atoms with Gasteiger partial charge in [0.2, 0.25) is 11.8 Å². The first kappa shape index (κ1) is 19.9. The van der Waals surface area contributed by atoms with Crippen LogP contribution in [0, 0.1) is 5.92 Å². The summed E-state index contributed by atoms with van der Waals surface area (Å²) in [6, 6.07) is 2.63. The van der Waals surface area contributed by atoms with Crippen molar-refractivity contribution in [3.8, 4) is 0 Å². The van der Waals surface area contributed by atoms with Gasteiger partial charge in [-0.15, -0.1) is 0 Å². The largest absolute Gasteiger partial charge is 0.367 e. The second kappa shape index (κ2) is 8.97. The maximum Gasteiger partial charge on any atom is 0.222 e. The Morgan fingerprint density at radius 2 is 1.83 bits per heavy atom. The molecular formula is C21H32N6O2. The molecule has 8 nitrogen and oxygen atoms in total. The van der Waals surface area contributed by atoms with E-state index in [0.717, 1.165) is 37.6 Å². The molecule has 0 spiro atoms. The molecule has 8 heteroatoms. The number of carbonyl (C=O) groups is 2. The predicted molar refractivity (Wildman–Crippen MR) is 112 cm³/mol. The fraction of sp³-hybridized carbons (Fsp3) is 0.714. The number of hydrogen-bond acceptors (Lipinski definition) is 6. The first-order valence-corrected chi connectivity index (χ1v) is 11.0. The van der Waals surface area contributed by atoms with E-state index >= 15 is 0 Å². The SMILES string of the molecule is CC(=O)N1CCN(C(=O)CC[C@@H]2CCCN(c3cc(NC4CC4)ncn3)C2)CC1. The van der Waals surface area contributed by atoms with Crippen molar-refractivity contribution in [2.45, 2.75) is 51.5 Å². The number of aromatic nitrogens is 2. The highest BCUT2D eigenvalue weighted by atomic mass is 16.2. The van der Waals surface area contributed by atoms with Gasteiger partial charge in [-0.3, -0.25) is 9.59 Å². The summed E-state index contributed by atoms with van der Waals surface area (Å²) in [5.41, 5.74) is 0. The molecule has 1 N–H and O–H groups in total. The minimum Gasteiger partial charge on any atom is -0.367 e. The summed E-state index contributed by atoms with van der Waals surface area (Å²) >= 11 is 0. The molecular weight excluding hydrogens is 368 g/mol. The molecule has 29 heavy (non-hydrogen) atoms. The first-order chi connectivity index (χ1) is 14.1. The summed E-state index contributed by atoms with van der Waals surface area (Å²) in [7, 11) is 0. The summed E-state index contributed by atoms with van der Waals surface area (Å²) in [6.45, 7) is 6.18. The third-order valence-electron chi connectivity index (χ3n) is 6.27. The van der Waals surface area contributed by atoms with Crippen LogP contribution >= 0.6 is 0 Å². The van der Waals surface area contributed by atoms with Crippen LogP contribution in [0.15, 0.2) is 12.4 Å². The van der Waals surface area contributed by atoms with Crippen molar-refractivity contribution in [1.29, 1.82) is 0 Å². The number of piperazine rings is 1. The maximum absolute atomic E-state index is 12.6. The zero-order chi connectivity index (χ0) is 20.2. The molecule has 1 saturated carbocycles. The second-order valence-electron chi connectivity index (χ2n) is 8.56. The van der Waals surface area contributed by atoms with Gasteiger partial charge in [0.05, 0.1) is 0 Å². The number of nitrogens with zero attached hydrogens (tertiary/aromatic N) is 5. The Labute approximate surface area is 172 Å². The molecule has 4 rings (SSSR count). The minimum absolute atomic E-state index is 0.0969. The lowest BCUT2D eigenvalue weighted by Crippen LogP contribution is -2.50. The number of rotatable bonds is 6. The van der Waals surface area contributed by atoms with Crippen LogP contribution in [0.2, 0.25) is 0 Å². The van der Waals surface area contributed by atoms with Crippen molar-refractivity contribution in [1.82, 2.24) is 19.8 Å². The van der Waals surface area contributed by atoms with Gasteiger partial charge >= 0.3 is 0 Å². The van der Waals surface area contributed by atoms with Crippen LogP contribution in [0.25, 0.3) is 0 Å². The molecule has 1 atom stereocenters. The van der Waals surface area contributed by atoms with E-state index in [2.05, 4.69) is 26.3 Å². The van der Waals surface area contributed by atoms with Gasteiger partial charge in [0.25, 0.3) is 0 Å². The zero-order valence-corrected chi connectivity index (χ0v) is 17.3. The number of carbonyl (C=O) groups excluding carboxylic acids is 2. The molecule has 2 aliphatic heterocycles. The van der Waals surface area contributed by atoms with Gasteiger partial charge in [-0.05, 0) is 38.0 Å². The smallest absolute Gasteiger partial charge is 0.222 e. The molecule has 0 radical (unpaired) electrons. The molecule has 1 aromatic rings. The number of piperidine rings is 1. The highest BCUT2D eigenvalue weighted by Gasteiger charge is 2.26. The van der Waals surface area contributed by atoms with Crippen LogP contribution in [0.1, 0.15) is 45.4 Å². The van der Waals surface area contributed by atoms with E-state index in [4.69, 9.17) is 0 Å². The van der Waals surface area contributed by atoms with E-state index in [1.54, 1.807) is 13.3 Å². The summed E-state index contributed by atoms with van der Waals surface area (Å²) < 4.78 is 0. The Morgan fingerprint density at radius 1 is 1.07 bits per heavy atom. The average Bonchev–Trinajstić information content (AvgIpc) is 3.56. The standard InChI is InChI=1S/C21H32N6O2/c1-16(28)25-9-11-26(12-10-25)21(29)7-4-17-3-2-8-27(14-17)20-13-19(22-15-23-20)24-18-5-6-18/h13,15,17-18H,2-12,14H2,1H3,(H,22,23,24)/t17-/m0/s1. The first-order valence-electron chi connectivity index (χ1n) is 11.0.